The number of carbonyl (C=O) groups is 1. The predicted octanol–water partition coefficient (Wildman–Crippen LogP) is 4.04. The second-order valence-electron chi connectivity index (χ2n) is 5.21. The standard InChI is InChI=1S/C14H19F3N2O2/c1-9(2)5-3-4-8-18-12-10(13(20)21)6-7-11(19-12)14(15,16)17/h6-7,9H,3-5,8H2,1-2H3,(H,18,19)(H,20,21). The highest BCUT2D eigenvalue weighted by molar-refractivity contribution is 5.93. The molecule has 0 aliphatic carbocycles. The van der Waals surface area contributed by atoms with Gasteiger partial charge in [-0.15, -0.1) is 0 Å². The van der Waals surface area contributed by atoms with Crippen LogP contribution in [0.3, 0.4) is 0 Å². The summed E-state index contributed by atoms with van der Waals surface area (Å²) in [5, 5.41) is 11.7. The van der Waals surface area contributed by atoms with E-state index in [4.69, 9.17) is 5.11 Å². The fourth-order valence-corrected chi connectivity index (χ4v) is 1.81. The van der Waals surface area contributed by atoms with Gasteiger partial charge < -0.3 is 10.4 Å². The summed E-state index contributed by atoms with van der Waals surface area (Å²) < 4.78 is 37.8. The van der Waals surface area contributed by atoms with Gasteiger partial charge in [0.15, 0.2) is 0 Å². The van der Waals surface area contributed by atoms with Crippen molar-refractivity contribution in [2.24, 2.45) is 5.92 Å². The van der Waals surface area contributed by atoms with Gasteiger partial charge in [-0.1, -0.05) is 26.7 Å². The van der Waals surface area contributed by atoms with Crippen LogP contribution in [0.25, 0.3) is 0 Å². The van der Waals surface area contributed by atoms with Crippen LogP contribution in [0.2, 0.25) is 0 Å². The van der Waals surface area contributed by atoms with Gasteiger partial charge in [0.2, 0.25) is 0 Å². The lowest BCUT2D eigenvalue weighted by Crippen LogP contribution is -2.15. The Morgan fingerprint density at radius 1 is 1.33 bits per heavy atom. The van der Waals surface area contributed by atoms with Crippen molar-refractivity contribution >= 4 is 11.8 Å². The minimum atomic E-state index is -4.59. The van der Waals surface area contributed by atoms with E-state index >= 15 is 0 Å². The van der Waals surface area contributed by atoms with Gasteiger partial charge in [0, 0.05) is 6.54 Å². The number of rotatable bonds is 7. The number of pyridine rings is 1. The fraction of sp³-hybridized carbons (Fsp3) is 0.571. The van der Waals surface area contributed by atoms with Crippen LogP contribution >= 0.6 is 0 Å². The average molecular weight is 304 g/mol. The molecule has 0 aromatic carbocycles. The number of unbranched alkanes of at least 4 members (excludes halogenated alkanes) is 1. The Balaban J connectivity index is 2.75. The molecular weight excluding hydrogens is 285 g/mol. The summed E-state index contributed by atoms with van der Waals surface area (Å²) in [5.74, 6) is -0.978. The monoisotopic (exact) mass is 304 g/mol. The Hall–Kier alpha value is -1.79. The molecule has 7 heteroatoms. The number of nitrogens with one attached hydrogen (secondary N) is 1. The van der Waals surface area contributed by atoms with Crippen LogP contribution in [0.15, 0.2) is 12.1 Å². The first-order valence-electron chi connectivity index (χ1n) is 6.77. The van der Waals surface area contributed by atoms with Crippen molar-refractivity contribution in [1.29, 1.82) is 0 Å². The second kappa shape index (κ2) is 7.28. The predicted molar refractivity (Wildman–Crippen MR) is 73.4 cm³/mol. The summed E-state index contributed by atoms with van der Waals surface area (Å²) in [4.78, 5) is 14.4. The van der Waals surface area contributed by atoms with Crippen LogP contribution in [0, 0.1) is 5.92 Å². The van der Waals surface area contributed by atoms with Gasteiger partial charge in [-0.25, -0.2) is 9.78 Å². The van der Waals surface area contributed by atoms with Crippen molar-refractivity contribution in [1.82, 2.24) is 4.98 Å². The van der Waals surface area contributed by atoms with E-state index in [9.17, 15) is 18.0 Å². The van der Waals surface area contributed by atoms with E-state index in [0.717, 1.165) is 25.3 Å². The zero-order valence-corrected chi connectivity index (χ0v) is 12.0. The molecule has 0 unspecified atom stereocenters. The molecule has 0 amide bonds. The zero-order valence-electron chi connectivity index (χ0n) is 12.0. The second-order valence-corrected chi connectivity index (χ2v) is 5.21. The number of carboxylic acids is 1. The first kappa shape index (κ1) is 17.3. The summed E-state index contributed by atoms with van der Waals surface area (Å²) in [7, 11) is 0. The van der Waals surface area contributed by atoms with Crippen molar-refractivity contribution in [3.63, 3.8) is 0 Å². The van der Waals surface area contributed by atoms with Gasteiger partial charge in [0.05, 0.1) is 0 Å². The Bertz CT molecular complexity index is 488. The van der Waals surface area contributed by atoms with Crippen molar-refractivity contribution < 1.29 is 23.1 Å². The number of halogens is 3. The van der Waals surface area contributed by atoms with Crippen molar-refractivity contribution in [2.45, 2.75) is 39.3 Å². The number of aromatic nitrogens is 1. The van der Waals surface area contributed by atoms with E-state index in [1.165, 1.54) is 0 Å². The van der Waals surface area contributed by atoms with E-state index in [-0.39, 0.29) is 11.4 Å². The van der Waals surface area contributed by atoms with Crippen molar-refractivity contribution in [3.05, 3.63) is 23.4 Å². The molecule has 118 valence electrons. The maximum absolute atomic E-state index is 12.6. The molecule has 0 spiro atoms. The molecule has 1 heterocycles. The number of carboxylic acid groups (broad SMARTS) is 1. The molecule has 21 heavy (non-hydrogen) atoms. The van der Waals surface area contributed by atoms with Crippen LogP contribution < -0.4 is 5.32 Å². The van der Waals surface area contributed by atoms with E-state index in [2.05, 4.69) is 24.1 Å². The third kappa shape index (κ3) is 5.61. The smallest absolute Gasteiger partial charge is 0.433 e. The molecule has 0 saturated carbocycles. The van der Waals surface area contributed by atoms with Crippen molar-refractivity contribution in [2.75, 3.05) is 11.9 Å². The Morgan fingerprint density at radius 2 is 2.00 bits per heavy atom. The summed E-state index contributed by atoms with van der Waals surface area (Å²) in [6.45, 7) is 4.57. The van der Waals surface area contributed by atoms with Gasteiger partial charge in [0.25, 0.3) is 0 Å². The van der Waals surface area contributed by atoms with E-state index < -0.39 is 17.8 Å². The number of anilines is 1. The fourth-order valence-electron chi connectivity index (χ4n) is 1.81. The third-order valence-electron chi connectivity index (χ3n) is 2.92. The number of hydrogen-bond acceptors (Lipinski definition) is 3. The highest BCUT2D eigenvalue weighted by Gasteiger charge is 2.33. The molecule has 1 aromatic heterocycles. The highest BCUT2D eigenvalue weighted by atomic mass is 19.4. The first-order valence-corrected chi connectivity index (χ1v) is 6.77. The summed E-state index contributed by atoms with van der Waals surface area (Å²) in [6, 6.07) is 1.60. The summed E-state index contributed by atoms with van der Waals surface area (Å²) in [6.07, 6.45) is -1.91. The molecule has 0 aliphatic heterocycles. The van der Waals surface area contributed by atoms with Gasteiger partial charge >= 0.3 is 12.1 Å². The number of nitrogens with zero attached hydrogens (tertiary/aromatic N) is 1. The SMILES string of the molecule is CC(C)CCCCNc1nc(C(F)(F)F)ccc1C(=O)O. The van der Waals surface area contributed by atoms with Crippen LogP contribution in [0.5, 0.6) is 0 Å². The molecule has 0 fully saturated rings. The zero-order chi connectivity index (χ0) is 16.0. The van der Waals surface area contributed by atoms with E-state index in [1.54, 1.807) is 0 Å². The minimum absolute atomic E-state index is 0.234. The third-order valence-corrected chi connectivity index (χ3v) is 2.92. The van der Waals surface area contributed by atoms with Gasteiger partial charge in [-0.2, -0.15) is 13.2 Å². The molecule has 0 saturated heterocycles. The maximum Gasteiger partial charge on any atom is 0.433 e. The van der Waals surface area contributed by atoms with E-state index in [1.807, 2.05) is 0 Å². The average Bonchev–Trinajstić information content (AvgIpc) is 2.36. The molecule has 0 atom stereocenters. The first-order chi connectivity index (χ1) is 9.71. The summed E-state index contributed by atoms with van der Waals surface area (Å²) in [5.41, 5.74) is -1.36. The number of hydrogen-bond donors (Lipinski definition) is 2. The van der Waals surface area contributed by atoms with Crippen LogP contribution in [-0.2, 0) is 6.18 Å². The highest BCUT2D eigenvalue weighted by Crippen LogP contribution is 2.29. The van der Waals surface area contributed by atoms with Crippen LogP contribution in [0.4, 0.5) is 19.0 Å². The van der Waals surface area contributed by atoms with E-state index in [0.29, 0.717) is 18.5 Å². The van der Waals surface area contributed by atoms with Crippen LogP contribution in [-0.4, -0.2) is 22.6 Å². The van der Waals surface area contributed by atoms with Crippen LogP contribution in [0.1, 0.15) is 49.2 Å². The van der Waals surface area contributed by atoms with Gasteiger partial charge in [-0.05, 0) is 24.5 Å². The van der Waals surface area contributed by atoms with Gasteiger partial charge in [0.1, 0.15) is 17.1 Å². The molecule has 0 aliphatic rings. The molecule has 1 rings (SSSR count). The lowest BCUT2D eigenvalue weighted by Gasteiger charge is -2.12. The Morgan fingerprint density at radius 3 is 2.52 bits per heavy atom. The van der Waals surface area contributed by atoms with Crippen molar-refractivity contribution in [3.8, 4) is 0 Å². The lowest BCUT2D eigenvalue weighted by atomic mass is 10.1. The molecule has 1 aromatic rings. The largest absolute Gasteiger partial charge is 0.478 e. The summed E-state index contributed by atoms with van der Waals surface area (Å²) >= 11 is 0. The topological polar surface area (TPSA) is 62.2 Å². The molecule has 0 radical (unpaired) electrons. The number of aromatic carboxylic acids is 1. The normalized spacial score (nSPS) is 11.7. The minimum Gasteiger partial charge on any atom is -0.478 e. The molecule has 4 nitrogen and oxygen atoms in total. The number of alkyl halides is 3. The Labute approximate surface area is 121 Å². The molecule has 2 N–H and O–H groups in total. The molecular formula is C14H19F3N2O2. The maximum atomic E-state index is 12.6. The van der Waals surface area contributed by atoms with Gasteiger partial charge in [-0.3, -0.25) is 0 Å². The lowest BCUT2D eigenvalue weighted by molar-refractivity contribution is -0.141. The Kier molecular flexibility index (Phi) is 5.99. The quantitative estimate of drug-likeness (QED) is 0.746. The molecule has 0 bridgehead atoms.